The highest BCUT2D eigenvalue weighted by molar-refractivity contribution is 7.13. The highest BCUT2D eigenvalue weighted by Crippen LogP contribution is 2.14. The van der Waals surface area contributed by atoms with E-state index in [-0.39, 0.29) is 0 Å². The molecule has 1 heterocycles. The normalized spacial score (nSPS) is 10.0. The first-order valence-electron chi connectivity index (χ1n) is 4.11. The third-order valence-corrected chi connectivity index (χ3v) is 3.12. The van der Waals surface area contributed by atoms with Crippen LogP contribution in [0.5, 0.6) is 0 Å². The molecule has 13 heavy (non-hydrogen) atoms. The molecule has 0 N–H and O–H groups in total. The molecule has 66 valence electrons. The molecule has 0 aliphatic carbocycles. The minimum atomic E-state index is -1.25. The fraction of sp³-hybridized carbons (Fsp3) is 0.273. The van der Waals surface area contributed by atoms with Crippen LogP contribution in [0.4, 0.5) is 0 Å². The monoisotopic (exact) mass is 204 g/mol. The van der Waals surface area contributed by atoms with Crippen LogP contribution >= 0.6 is 11.3 Å². The van der Waals surface area contributed by atoms with E-state index < -0.39 is 8.07 Å². The van der Waals surface area contributed by atoms with Gasteiger partial charge in [-0.25, -0.2) is 0 Å². The summed E-state index contributed by atoms with van der Waals surface area (Å²) in [6.07, 6.45) is 5.27. The Morgan fingerprint density at radius 1 is 1.23 bits per heavy atom. The predicted octanol–water partition coefficient (Wildman–Crippen LogP) is 2.96. The third kappa shape index (κ3) is 3.50. The van der Waals surface area contributed by atoms with Crippen molar-refractivity contribution in [1.29, 1.82) is 0 Å². The second-order valence-electron chi connectivity index (χ2n) is 3.81. The fourth-order valence-electron chi connectivity index (χ4n) is 0.732. The number of terminal acetylenes is 1. The zero-order valence-corrected chi connectivity index (χ0v) is 9.96. The van der Waals surface area contributed by atoms with E-state index in [1.54, 1.807) is 11.3 Å². The summed E-state index contributed by atoms with van der Waals surface area (Å²) >= 11 is 1.59. The molecule has 0 nitrogen and oxygen atoms in total. The molecule has 0 amide bonds. The minimum Gasteiger partial charge on any atom is -0.126 e. The zero-order valence-electron chi connectivity index (χ0n) is 8.14. The molecule has 2 heteroatoms. The maximum absolute atomic E-state index is 5.27. The van der Waals surface area contributed by atoms with Gasteiger partial charge in [0, 0.05) is 0 Å². The quantitative estimate of drug-likeness (QED) is 0.450. The third-order valence-electron chi connectivity index (χ3n) is 1.31. The van der Waals surface area contributed by atoms with Crippen LogP contribution in [0, 0.1) is 23.8 Å². The SMILES string of the molecule is C#Cc1ccc(C#C[Si](C)(C)C)s1. The Morgan fingerprint density at radius 3 is 2.31 bits per heavy atom. The van der Waals surface area contributed by atoms with Gasteiger partial charge in [0.2, 0.25) is 0 Å². The summed E-state index contributed by atoms with van der Waals surface area (Å²) in [5.41, 5.74) is 3.31. The molecule has 0 spiro atoms. The van der Waals surface area contributed by atoms with Crippen molar-refractivity contribution in [1.82, 2.24) is 0 Å². The molecule has 0 unspecified atom stereocenters. The molecule has 0 aliphatic heterocycles. The zero-order chi connectivity index (χ0) is 9.90. The molecular formula is C11H12SSi. The van der Waals surface area contributed by atoms with Crippen molar-refractivity contribution in [2.75, 3.05) is 0 Å². The standard InChI is InChI=1S/C11H12SSi/c1-5-10-6-7-11(12-10)8-9-13(2,3)4/h1,6-7H,2-4H3. The Bertz CT molecular complexity index is 390. The summed E-state index contributed by atoms with van der Waals surface area (Å²) < 4.78 is 0. The van der Waals surface area contributed by atoms with Crippen LogP contribution in [0.2, 0.25) is 19.6 Å². The van der Waals surface area contributed by atoms with Gasteiger partial charge in [-0.3, -0.25) is 0 Å². The molecule has 0 radical (unpaired) electrons. The first-order valence-corrected chi connectivity index (χ1v) is 8.42. The Labute approximate surface area is 85.0 Å². The van der Waals surface area contributed by atoms with E-state index in [0.717, 1.165) is 9.75 Å². The van der Waals surface area contributed by atoms with Crippen LogP contribution in [-0.2, 0) is 0 Å². The molecule has 0 fully saturated rings. The van der Waals surface area contributed by atoms with Crippen LogP contribution in [-0.4, -0.2) is 8.07 Å². The average molecular weight is 204 g/mol. The van der Waals surface area contributed by atoms with Crippen LogP contribution in [0.25, 0.3) is 0 Å². The fourth-order valence-corrected chi connectivity index (χ4v) is 2.00. The lowest BCUT2D eigenvalue weighted by Gasteiger charge is -2.02. The summed E-state index contributed by atoms with van der Waals surface area (Å²) in [6.45, 7) is 6.70. The summed E-state index contributed by atoms with van der Waals surface area (Å²) in [6, 6.07) is 3.94. The summed E-state index contributed by atoms with van der Waals surface area (Å²) in [7, 11) is -1.25. The highest BCUT2D eigenvalue weighted by Gasteiger charge is 2.07. The van der Waals surface area contributed by atoms with E-state index in [1.165, 1.54) is 0 Å². The molecule has 0 atom stereocenters. The highest BCUT2D eigenvalue weighted by atomic mass is 32.1. The van der Waals surface area contributed by atoms with Gasteiger partial charge in [-0.05, 0) is 12.1 Å². The smallest absolute Gasteiger partial charge is 0.126 e. The maximum atomic E-state index is 5.27. The van der Waals surface area contributed by atoms with Gasteiger partial charge >= 0.3 is 0 Å². The van der Waals surface area contributed by atoms with Crippen molar-refractivity contribution in [2.45, 2.75) is 19.6 Å². The Balaban J connectivity index is 2.86. The molecule has 1 aromatic heterocycles. The van der Waals surface area contributed by atoms with Crippen LogP contribution < -0.4 is 0 Å². The Kier molecular flexibility index (Phi) is 2.98. The van der Waals surface area contributed by atoms with Crippen molar-refractivity contribution < 1.29 is 0 Å². The van der Waals surface area contributed by atoms with Gasteiger partial charge < -0.3 is 0 Å². The molecule has 0 aliphatic rings. The van der Waals surface area contributed by atoms with Gasteiger partial charge in [0.15, 0.2) is 0 Å². The van der Waals surface area contributed by atoms with Crippen LogP contribution in [0.1, 0.15) is 9.75 Å². The van der Waals surface area contributed by atoms with E-state index in [2.05, 4.69) is 37.0 Å². The second-order valence-corrected chi connectivity index (χ2v) is 9.64. The first kappa shape index (κ1) is 10.1. The van der Waals surface area contributed by atoms with Crippen molar-refractivity contribution in [3.63, 3.8) is 0 Å². The van der Waals surface area contributed by atoms with E-state index in [9.17, 15) is 0 Å². The molecule has 0 bridgehead atoms. The van der Waals surface area contributed by atoms with Crippen molar-refractivity contribution in [2.24, 2.45) is 0 Å². The van der Waals surface area contributed by atoms with Gasteiger partial charge in [-0.1, -0.05) is 31.5 Å². The van der Waals surface area contributed by atoms with Gasteiger partial charge in [-0.2, -0.15) is 0 Å². The van der Waals surface area contributed by atoms with Crippen LogP contribution in [0.3, 0.4) is 0 Å². The number of hydrogen-bond acceptors (Lipinski definition) is 1. The van der Waals surface area contributed by atoms with Crippen molar-refractivity contribution in [3.8, 4) is 23.8 Å². The van der Waals surface area contributed by atoms with Gasteiger partial charge in [0.1, 0.15) is 8.07 Å². The number of rotatable bonds is 0. The predicted molar refractivity (Wildman–Crippen MR) is 62.5 cm³/mol. The molecule has 1 aromatic rings. The molecule has 0 aromatic carbocycles. The molecule has 0 saturated heterocycles. The summed E-state index contributed by atoms with van der Waals surface area (Å²) in [5.74, 6) is 5.78. The van der Waals surface area contributed by atoms with Gasteiger partial charge in [0.25, 0.3) is 0 Å². The van der Waals surface area contributed by atoms with Crippen molar-refractivity contribution in [3.05, 3.63) is 21.9 Å². The number of hydrogen-bond donors (Lipinski definition) is 0. The largest absolute Gasteiger partial charge is 0.129 e. The Morgan fingerprint density at radius 2 is 1.85 bits per heavy atom. The lowest BCUT2D eigenvalue weighted by molar-refractivity contribution is 1.81. The Hall–Kier alpha value is -0.963. The van der Waals surface area contributed by atoms with E-state index in [4.69, 9.17) is 6.42 Å². The van der Waals surface area contributed by atoms with E-state index >= 15 is 0 Å². The summed E-state index contributed by atoms with van der Waals surface area (Å²) in [4.78, 5) is 2.04. The average Bonchev–Trinajstić information content (AvgIpc) is 2.47. The molecule has 0 saturated carbocycles. The van der Waals surface area contributed by atoms with Gasteiger partial charge in [0.05, 0.1) is 9.75 Å². The lowest BCUT2D eigenvalue weighted by Crippen LogP contribution is -2.16. The second kappa shape index (κ2) is 3.83. The van der Waals surface area contributed by atoms with Crippen molar-refractivity contribution >= 4 is 19.4 Å². The lowest BCUT2D eigenvalue weighted by atomic mass is 10.4. The minimum absolute atomic E-state index is 0.958. The van der Waals surface area contributed by atoms with Gasteiger partial charge in [-0.15, -0.1) is 23.3 Å². The topological polar surface area (TPSA) is 0 Å². The van der Waals surface area contributed by atoms with E-state index in [0.29, 0.717) is 0 Å². The van der Waals surface area contributed by atoms with E-state index in [1.807, 2.05) is 12.1 Å². The maximum Gasteiger partial charge on any atom is 0.129 e. The molecule has 1 rings (SSSR count). The summed E-state index contributed by atoms with van der Waals surface area (Å²) in [5, 5.41) is 0. The first-order chi connectivity index (χ1) is 6.01. The molecular weight excluding hydrogens is 192 g/mol. The van der Waals surface area contributed by atoms with Crippen LogP contribution in [0.15, 0.2) is 12.1 Å². The number of thiophene rings is 1.